The van der Waals surface area contributed by atoms with Crippen molar-refractivity contribution in [1.29, 1.82) is 15.8 Å². The third-order valence-corrected chi connectivity index (χ3v) is 6.66. The molecule has 4 rings (SSSR count). The van der Waals surface area contributed by atoms with E-state index >= 15 is 0 Å². The zero-order chi connectivity index (χ0) is 36.2. The Labute approximate surface area is 290 Å². The monoisotopic (exact) mass is 678 g/mol. The summed E-state index contributed by atoms with van der Waals surface area (Å²) < 4.78 is 5.07. The van der Waals surface area contributed by atoms with Crippen molar-refractivity contribution >= 4 is 17.9 Å². The topological polar surface area (TPSA) is 239 Å². The first-order valence-electron chi connectivity index (χ1n) is 14.7. The van der Waals surface area contributed by atoms with E-state index in [1.165, 1.54) is 0 Å². The predicted octanol–water partition coefficient (Wildman–Crippen LogP) is 3.90. The van der Waals surface area contributed by atoms with Crippen LogP contribution in [-0.2, 0) is 45.0 Å². The molecule has 6 N–H and O–H groups in total. The minimum absolute atomic E-state index is 0. The fourth-order valence-electron chi connectivity index (χ4n) is 3.93. The van der Waals surface area contributed by atoms with E-state index in [1.807, 2.05) is 48.5 Å². The highest BCUT2D eigenvalue weighted by Crippen LogP contribution is 2.10. The summed E-state index contributed by atoms with van der Waals surface area (Å²) in [6.07, 6.45) is -2.09. The molecule has 0 aromatic heterocycles. The quantitative estimate of drug-likeness (QED) is 0.142. The van der Waals surface area contributed by atoms with Gasteiger partial charge in [0.05, 0.1) is 34.9 Å². The molecule has 0 aliphatic heterocycles. The first kappa shape index (κ1) is 41.7. The van der Waals surface area contributed by atoms with Crippen molar-refractivity contribution in [3.8, 4) is 18.2 Å². The lowest BCUT2D eigenvalue weighted by molar-refractivity contribution is -0.154. The highest BCUT2D eigenvalue weighted by molar-refractivity contribution is 5.75. The number of esters is 1. The molecular formula is C38H38N4O8. The summed E-state index contributed by atoms with van der Waals surface area (Å²) in [6, 6.07) is 34.2. The number of hydrogen-bond donors (Lipinski definition) is 5. The van der Waals surface area contributed by atoms with Crippen LogP contribution < -0.4 is 5.73 Å². The van der Waals surface area contributed by atoms with Crippen LogP contribution in [0.5, 0.6) is 0 Å². The van der Waals surface area contributed by atoms with E-state index < -0.39 is 36.2 Å². The molecular weight excluding hydrogens is 640 g/mol. The Balaban J connectivity index is 0.000000384. The third-order valence-electron chi connectivity index (χ3n) is 6.66. The molecule has 0 aliphatic carbocycles. The van der Waals surface area contributed by atoms with Gasteiger partial charge >= 0.3 is 17.9 Å². The summed E-state index contributed by atoms with van der Waals surface area (Å²) in [5.41, 5.74) is 10.1. The molecule has 3 atom stereocenters. The van der Waals surface area contributed by atoms with Gasteiger partial charge < -0.3 is 30.9 Å². The van der Waals surface area contributed by atoms with Gasteiger partial charge in [0.1, 0.15) is 12.6 Å². The maximum Gasteiger partial charge on any atom is 0.335 e. The molecule has 0 bridgehead atoms. The zero-order valence-corrected chi connectivity index (χ0v) is 26.2. The predicted molar refractivity (Wildman–Crippen MR) is 183 cm³/mol. The SMILES string of the molecule is C.N#Cc1ccc(C[C@@H](N)C(=O)O)cc1.N#Cc1ccc(C[C@@H](O)C(=O)O)cc1.N#Cc1ccc(C[C@@H](O)C(=O)OCc2ccccc2)cc1. The van der Waals surface area contributed by atoms with Gasteiger partial charge in [-0.25, -0.2) is 9.59 Å². The van der Waals surface area contributed by atoms with Gasteiger partial charge in [0.2, 0.25) is 0 Å². The van der Waals surface area contributed by atoms with Gasteiger partial charge in [0.25, 0.3) is 0 Å². The number of aliphatic hydroxyl groups excluding tert-OH is 2. The van der Waals surface area contributed by atoms with Crippen LogP contribution in [0.15, 0.2) is 103 Å². The fourth-order valence-corrected chi connectivity index (χ4v) is 3.93. The number of carbonyl (C=O) groups excluding carboxylic acids is 1. The molecule has 50 heavy (non-hydrogen) atoms. The fraction of sp³-hybridized carbons (Fsp3) is 0.211. The molecule has 0 heterocycles. The Morgan fingerprint density at radius 3 is 1.32 bits per heavy atom. The summed E-state index contributed by atoms with van der Waals surface area (Å²) in [7, 11) is 0. The molecule has 0 saturated carbocycles. The number of benzene rings is 4. The maximum absolute atomic E-state index is 11.7. The minimum Gasteiger partial charge on any atom is -0.480 e. The van der Waals surface area contributed by atoms with Crippen LogP contribution in [0.1, 0.15) is 46.4 Å². The molecule has 12 nitrogen and oxygen atoms in total. The van der Waals surface area contributed by atoms with Crippen LogP contribution in [0, 0.1) is 34.0 Å². The number of rotatable bonds is 11. The summed E-state index contributed by atoms with van der Waals surface area (Å²) in [5.74, 6) is -2.91. The van der Waals surface area contributed by atoms with E-state index in [0.29, 0.717) is 22.3 Å². The molecule has 0 radical (unpaired) electrons. The van der Waals surface area contributed by atoms with Crippen LogP contribution in [0.4, 0.5) is 0 Å². The normalized spacial score (nSPS) is 11.4. The van der Waals surface area contributed by atoms with Gasteiger partial charge in [-0.1, -0.05) is 74.2 Å². The summed E-state index contributed by atoms with van der Waals surface area (Å²) in [6.45, 7) is 0.143. The van der Waals surface area contributed by atoms with E-state index in [0.717, 1.165) is 16.7 Å². The number of nitrogens with two attached hydrogens (primary N) is 1. The van der Waals surface area contributed by atoms with Crippen LogP contribution in [0.25, 0.3) is 0 Å². The smallest absolute Gasteiger partial charge is 0.335 e. The second kappa shape index (κ2) is 22.3. The molecule has 0 amide bonds. The molecule has 0 spiro atoms. The Hall–Kier alpha value is -6.36. The minimum atomic E-state index is -1.39. The highest BCUT2D eigenvalue weighted by Gasteiger charge is 2.17. The molecule has 0 unspecified atom stereocenters. The van der Waals surface area contributed by atoms with Crippen molar-refractivity contribution in [2.45, 2.75) is 51.5 Å². The second-order valence-electron chi connectivity index (χ2n) is 10.4. The molecule has 12 heteroatoms. The Morgan fingerprint density at radius 1 is 0.580 bits per heavy atom. The van der Waals surface area contributed by atoms with Crippen LogP contribution in [-0.4, -0.2) is 56.6 Å². The van der Waals surface area contributed by atoms with E-state index in [-0.39, 0.29) is 33.3 Å². The van der Waals surface area contributed by atoms with Gasteiger partial charge in [-0.3, -0.25) is 4.79 Å². The van der Waals surface area contributed by atoms with Crippen molar-refractivity contribution in [3.63, 3.8) is 0 Å². The number of carboxylic acids is 2. The molecule has 0 fully saturated rings. The molecule has 4 aromatic rings. The average molecular weight is 679 g/mol. The lowest BCUT2D eigenvalue weighted by Gasteiger charge is -2.11. The lowest BCUT2D eigenvalue weighted by Crippen LogP contribution is -2.32. The van der Waals surface area contributed by atoms with Gasteiger partial charge in [0, 0.05) is 12.8 Å². The summed E-state index contributed by atoms with van der Waals surface area (Å²) >= 11 is 0. The number of nitrogens with zero attached hydrogens (tertiary/aromatic N) is 3. The Kier molecular flexibility index (Phi) is 18.5. The van der Waals surface area contributed by atoms with Crippen molar-refractivity contribution in [2.75, 3.05) is 0 Å². The lowest BCUT2D eigenvalue weighted by atomic mass is 10.1. The Morgan fingerprint density at radius 2 is 0.960 bits per heavy atom. The number of aliphatic hydroxyl groups is 2. The number of aliphatic carboxylic acids is 2. The molecule has 258 valence electrons. The van der Waals surface area contributed by atoms with E-state index in [1.54, 1.807) is 72.8 Å². The summed E-state index contributed by atoms with van der Waals surface area (Å²) in [4.78, 5) is 32.5. The van der Waals surface area contributed by atoms with Gasteiger partial charge in [-0.05, 0) is 65.1 Å². The number of nitriles is 3. The van der Waals surface area contributed by atoms with Crippen LogP contribution in [0.3, 0.4) is 0 Å². The van der Waals surface area contributed by atoms with E-state index in [2.05, 4.69) is 0 Å². The molecule has 0 aliphatic rings. The van der Waals surface area contributed by atoms with Gasteiger partial charge in [0.15, 0.2) is 12.2 Å². The van der Waals surface area contributed by atoms with Crippen molar-refractivity contribution < 1.29 is 39.5 Å². The third kappa shape index (κ3) is 15.5. The zero-order valence-electron chi connectivity index (χ0n) is 26.2. The van der Waals surface area contributed by atoms with Crippen LogP contribution in [0.2, 0.25) is 0 Å². The first-order chi connectivity index (χ1) is 23.4. The number of ether oxygens (including phenoxy) is 1. The van der Waals surface area contributed by atoms with Gasteiger partial charge in [-0.15, -0.1) is 0 Å². The van der Waals surface area contributed by atoms with E-state index in [4.69, 9.17) is 41.6 Å². The van der Waals surface area contributed by atoms with Crippen LogP contribution >= 0.6 is 0 Å². The number of hydrogen-bond acceptors (Lipinski definition) is 10. The standard InChI is InChI=1S/C17H15NO3.C10H10N2O2.C10H9NO3.CH4/c18-11-14-8-6-13(7-9-14)10-16(19)17(20)21-12-15-4-2-1-3-5-15;2*11-6-8-3-1-7(2-4-8)5-9(12)10(13)14;/h1-9,16,19H,10,12H2;1-4,9H,5,12H2,(H,13,14);1-4,9,12H,5H2,(H,13,14);1H4/t16-;2*9-;/m111./s1. The van der Waals surface area contributed by atoms with Crippen molar-refractivity contribution in [2.24, 2.45) is 5.73 Å². The second-order valence-corrected chi connectivity index (χ2v) is 10.4. The van der Waals surface area contributed by atoms with E-state index in [9.17, 15) is 19.5 Å². The number of carboxylic acid groups (broad SMARTS) is 2. The molecule has 4 aromatic carbocycles. The first-order valence-corrected chi connectivity index (χ1v) is 14.7. The van der Waals surface area contributed by atoms with Gasteiger partial charge in [-0.2, -0.15) is 15.8 Å². The van der Waals surface area contributed by atoms with Crippen molar-refractivity contribution in [1.82, 2.24) is 0 Å². The maximum atomic E-state index is 11.7. The number of carbonyl (C=O) groups is 3. The van der Waals surface area contributed by atoms with Crippen molar-refractivity contribution in [3.05, 3.63) is 142 Å². The molecule has 0 saturated heterocycles. The summed E-state index contributed by atoms with van der Waals surface area (Å²) in [5, 5.41) is 61.6. The average Bonchev–Trinajstić information content (AvgIpc) is 3.12. The Bertz CT molecular complexity index is 1700. The highest BCUT2D eigenvalue weighted by atomic mass is 16.5. The largest absolute Gasteiger partial charge is 0.480 e.